The van der Waals surface area contributed by atoms with Gasteiger partial charge in [0.2, 0.25) is 5.95 Å². The first-order chi connectivity index (χ1) is 18.2. The molecule has 2 aromatic heterocycles. The second kappa shape index (κ2) is 11.1. The number of hydrogen-bond acceptors (Lipinski definition) is 8. The molecule has 38 heavy (non-hydrogen) atoms. The zero-order valence-corrected chi connectivity index (χ0v) is 22.4. The molecule has 0 atom stereocenters. The second-order valence-corrected chi connectivity index (χ2v) is 11.2. The van der Waals surface area contributed by atoms with E-state index in [0.29, 0.717) is 37.1 Å². The summed E-state index contributed by atoms with van der Waals surface area (Å²) in [5.74, 6) is 0.776. The minimum absolute atomic E-state index is 0.0940. The molecule has 1 aromatic carbocycles. The first kappa shape index (κ1) is 26.1. The van der Waals surface area contributed by atoms with Crippen LogP contribution in [-0.2, 0) is 17.8 Å². The Hall–Kier alpha value is -3.50. The van der Waals surface area contributed by atoms with Gasteiger partial charge >= 0.3 is 6.09 Å². The SMILES string of the molecule is CC(C)(C)OC(=O)N1CC(CCn2c(=O)ccc3cnc(Nc4cccc(CN5CCNCC5)c4)nc32)C1. The van der Waals surface area contributed by atoms with Crippen molar-refractivity contribution < 1.29 is 9.53 Å². The molecule has 4 heterocycles. The summed E-state index contributed by atoms with van der Waals surface area (Å²) in [6, 6.07) is 11.6. The number of hydrogen-bond donors (Lipinski definition) is 2. The third kappa shape index (κ3) is 6.49. The van der Waals surface area contributed by atoms with Crippen LogP contribution in [0.4, 0.5) is 16.4 Å². The zero-order chi connectivity index (χ0) is 26.7. The number of ether oxygens (including phenoxy) is 1. The Morgan fingerprint density at radius 1 is 1.16 bits per heavy atom. The van der Waals surface area contributed by atoms with Crippen molar-refractivity contribution in [3.63, 3.8) is 0 Å². The zero-order valence-electron chi connectivity index (χ0n) is 22.4. The van der Waals surface area contributed by atoms with Gasteiger partial charge in [-0.1, -0.05) is 12.1 Å². The van der Waals surface area contributed by atoms with Gasteiger partial charge in [-0.15, -0.1) is 0 Å². The fourth-order valence-corrected chi connectivity index (χ4v) is 4.89. The standard InChI is InChI=1S/C28H37N7O3/c1-28(2,3)38-27(37)34-18-21(19-34)9-12-35-24(36)8-7-22-16-30-26(32-25(22)35)31-23-6-4-5-20(15-23)17-33-13-10-29-11-14-33/h4-8,15-16,21,29H,9-14,17-19H2,1-3H3,(H,30,31,32). The lowest BCUT2D eigenvalue weighted by Gasteiger charge is -2.39. The maximum atomic E-state index is 12.8. The Balaban J connectivity index is 1.24. The number of aryl methyl sites for hydroxylation is 1. The summed E-state index contributed by atoms with van der Waals surface area (Å²) >= 11 is 0. The first-order valence-electron chi connectivity index (χ1n) is 13.4. The Morgan fingerprint density at radius 3 is 2.71 bits per heavy atom. The molecule has 10 heteroatoms. The van der Waals surface area contributed by atoms with Crippen LogP contribution in [0.3, 0.4) is 0 Å². The maximum absolute atomic E-state index is 12.8. The highest BCUT2D eigenvalue weighted by atomic mass is 16.6. The second-order valence-electron chi connectivity index (χ2n) is 11.2. The number of rotatable bonds is 7. The third-order valence-electron chi connectivity index (χ3n) is 6.89. The number of likely N-dealkylation sites (tertiary alicyclic amines) is 1. The van der Waals surface area contributed by atoms with E-state index in [1.807, 2.05) is 32.9 Å². The quantitative estimate of drug-likeness (QED) is 0.491. The van der Waals surface area contributed by atoms with Crippen LogP contribution in [0, 0.1) is 5.92 Å². The molecule has 1 amide bonds. The number of nitrogens with zero attached hydrogens (tertiary/aromatic N) is 5. The number of piperazine rings is 1. The van der Waals surface area contributed by atoms with Gasteiger partial charge in [-0.2, -0.15) is 4.98 Å². The Morgan fingerprint density at radius 2 is 1.95 bits per heavy atom. The van der Waals surface area contributed by atoms with E-state index in [9.17, 15) is 9.59 Å². The van der Waals surface area contributed by atoms with Crippen molar-refractivity contribution in [3.8, 4) is 0 Å². The fourth-order valence-electron chi connectivity index (χ4n) is 4.89. The highest BCUT2D eigenvalue weighted by Crippen LogP contribution is 2.23. The summed E-state index contributed by atoms with van der Waals surface area (Å²) in [6.45, 7) is 12.4. The number of aromatic nitrogens is 3. The molecule has 0 radical (unpaired) electrons. The highest BCUT2D eigenvalue weighted by molar-refractivity contribution is 5.75. The summed E-state index contributed by atoms with van der Waals surface area (Å²) in [7, 11) is 0. The topological polar surface area (TPSA) is 105 Å². The van der Waals surface area contributed by atoms with E-state index >= 15 is 0 Å². The van der Waals surface area contributed by atoms with Gasteiger partial charge in [0.25, 0.3) is 5.56 Å². The molecule has 0 bridgehead atoms. The molecular formula is C28H37N7O3. The Kier molecular flexibility index (Phi) is 7.62. The fraction of sp³-hybridized carbons (Fsp3) is 0.500. The summed E-state index contributed by atoms with van der Waals surface area (Å²) in [5.41, 5.74) is 2.16. The van der Waals surface area contributed by atoms with Gasteiger partial charge in [0.05, 0.1) is 0 Å². The van der Waals surface area contributed by atoms with Crippen LogP contribution in [0.15, 0.2) is 47.4 Å². The monoisotopic (exact) mass is 519 g/mol. The van der Waals surface area contributed by atoms with Gasteiger partial charge in [-0.3, -0.25) is 14.3 Å². The van der Waals surface area contributed by atoms with Crippen molar-refractivity contribution in [2.24, 2.45) is 5.92 Å². The lowest BCUT2D eigenvalue weighted by molar-refractivity contribution is -0.00265. The molecule has 2 fully saturated rings. The maximum Gasteiger partial charge on any atom is 0.410 e. The number of nitrogens with one attached hydrogen (secondary N) is 2. The molecule has 0 unspecified atom stereocenters. The minimum Gasteiger partial charge on any atom is -0.444 e. The minimum atomic E-state index is -0.504. The van der Waals surface area contributed by atoms with Crippen LogP contribution in [0.25, 0.3) is 11.0 Å². The van der Waals surface area contributed by atoms with E-state index < -0.39 is 5.60 Å². The molecule has 0 saturated carbocycles. The average Bonchev–Trinajstić information content (AvgIpc) is 2.84. The van der Waals surface area contributed by atoms with Gasteiger partial charge in [-0.05, 0) is 56.9 Å². The summed E-state index contributed by atoms with van der Waals surface area (Å²) < 4.78 is 7.15. The van der Waals surface area contributed by atoms with Crippen LogP contribution in [0.2, 0.25) is 0 Å². The van der Waals surface area contributed by atoms with E-state index in [2.05, 4.69) is 32.7 Å². The van der Waals surface area contributed by atoms with E-state index in [1.165, 1.54) is 5.56 Å². The smallest absolute Gasteiger partial charge is 0.410 e. The number of fused-ring (bicyclic) bond motifs is 1. The molecule has 2 aliphatic heterocycles. The Bertz CT molecular complexity index is 1340. The molecule has 2 aliphatic rings. The molecule has 5 rings (SSSR count). The molecule has 0 spiro atoms. The van der Waals surface area contributed by atoms with Crippen molar-refractivity contribution in [1.82, 2.24) is 29.7 Å². The average molecular weight is 520 g/mol. The summed E-state index contributed by atoms with van der Waals surface area (Å²) in [6.07, 6.45) is 2.24. The molecular weight excluding hydrogens is 482 g/mol. The van der Waals surface area contributed by atoms with Gasteiger partial charge in [0, 0.05) is 75.7 Å². The number of benzene rings is 1. The van der Waals surface area contributed by atoms with Crippen molar-refractivity contribution in [3.05, 3.63) is 58.5 Å². The lowest BCUT2D eigenvalue weighted by atomic mass is 9.97. The molecule has 0 aliphatic carbocycles. The van der Waals surface area contributed by atoms with Crippen LogP contribution < -0.4 is 16.2 Å². The van der Waals surface area contributed by atoms with Crippen molar-refractivity contribution in [1.29, 1.82) is 0 Å². The normalized spacial score (nSPS) is 16.9. The predicted octanol–water partition coefficient (Wildman–Crippen LogP) is 3.20. The molecule has 202 valence electrons. The van der Waals surface area contributed by atoms with E-state index in [1.54, 1.807) is 27.8 Å². The summed E-state index contributed by atoms with van der Waals surface area (Å²) in [4.78, 5) is 38.3. The molecule has 3 aromatic rings. The van der Waals surface area contributed by atoms with Crippen LogP contribution in [0.5, 0.6) is 0 Å². The van der Waals surface area contributed by atoms with Gasteiger partial charge in [-0.25, -0.2) is 9.78 Å². The van der Waals surface area contributed by atoms with Crippen LogP contribution in [-0.4, -0.2) is 75.3 Å². The van der Waals surface area contributed by atoms with Crippen LogP contribution >= 0.6 is 0 Å². The number of anilines is 2. The van der Waals surface area contributed by atoms with Crippen LogP contribution in [0.1, 0.15) is 32.8 Å². The molecule has 2 N–H and O–H groups in total. The number of amides is 1. The van der Waals surface area contributed by atoms with Crippen molar-refractivity contribution in [2.75, 3.05) is 44.6 Å². The summed E-state index contributed by atoms with van der Waals surface area (Å²) in [5, 5.41) is 7.52. The molecule has 10 nitrogen and oxygen atoms in total. The lowest BCUT2D eigenvalue weighted by Crippen LogP contribution is -2.51. The predicted molar refractivity (Wildman–Crippen MR) is 148 cm³/mol. The third-order valence-corrected chi connectivity index (χ3v) is 6.89. The number of carbonyl (C=O) groups excluding carboxylic acids is 1. The van der Waals surface area contributed by atoms with Gasteiger partial charge < -0.3 is 20.3 Å². The first-order valence-corrected chi connectivity index (χ1v) is 13.4. The largest absolute Gasteiger partial charge is 0.444 e. The van der Waals surface area contributed by atoms with E-state index in [4.69, 9.17) is 9.72 Å². The van der Waals surface area contributed by atoms with Gasteiger partial charge in [0.1, 0.15) is 11.2 Å². The number of pyridine rings is 1. The van der Waals surface area contributed by atoms with Crippen molar-refractivity contribution >= 4 is 28.8 Å². The van der Waals surface area contributed by atoms with Gasteiger partial charge in [0.15, 0.2) is 0 Å². The van der Waals surface area contributed by atoms with E-state index in [0.717, 1.165) is 50.2 Å². The van der Waals surface area contributed by atoms with E-state index in [-0.39, 0.29) is 11.7 Å². The van der Waals surface area contributed by atoms with Crippen molar-refractivity contribution in [2.45, 2.75) is 45.9 Å². The molecule has 2 saturated heterocycles. The Labute approximate surface area is 223 Å². The highest BCUT2D eigenvalue weighted by Gasteiger charge is 2.33. The number of carbonyl (C=O) groups is 1.